The first kappa shape index (κ1) is 16.3. The molecular formula is C16H25NO3S. The highest BCUT2D eigenvalue weighted by molar-refractivity contribution is 7.92. The Morgan fingerprint density at radius 3 is 2.57 bits per heavy atom. The van der Waals surface area contributed by atoms with Crippen LogP contribution in [0, 0.1) is 0 Å². The Labute approximate surface area is 127 Å². The van der Waals surface area contributed by atoms with Crippen molar-refractivity contribution in [3.8, 4) is 5.75 Å². The van der Waals surface area contributed by atoms with Gasteiger partial charge in [-0.3, -0.25) is 0 Å². The van der Waals surface area contributed by atoms with Crippen LogP contribution < -0.4 is 10.1 Å². The van der Waals surface area contributed by atoms with Crippen LogP contribution in [0.25, 0.3) is 0 Å². The van der Waals surface area contributed by atoms with Crippen molar-refractivity contribution in [1.29, 1.82) is 0 Å². The van der Waals surface area contributed by atoms with Gasteiger partial charge in [0.25, 0.3) is 0 Å². The van der Waals surface area contributed by atoms with E-state index in [9.17, 15) is 8.42 Å². The molecular weight excluding hydrogens is 286 g/mol. The first-order chi connectivity index (χ1) is 10.1. The summed E-state index contributed by atoms with van der Waals surface area (Å²) in [7, 11) is -1.32. The number of benzene rings is 1. The van der Waals surface area contributed by atoms with Crippen molar-refractivity contribution in [2.75, 3.05) is 19.4 Å². The van der Waals surface area contributed by atoms with E-state index < -0.39 is 9.84 Å². The number of hydrogen-bond acceptors (Lipinski definition) is 4. The minimum atomic E-state index is -2.97. The Balaban J connectivity index is 2.14. The summed E-state index contributed by atoms with van der Waals surface area (Å²) in [6.07, 6.45) is 3.33. The highest BCUT2D eigenvalue weighted by Gasteiger charge is 2.35. The SMILES string of the molecule is CCNC(Cc1ccc(OC)cc1)C1CCCCS1(=O)=O. The fraction of sp³-hybridized carbons (Fsp3) is 0.625. The van der Waals surface area contributed by atoms with Crippen molar-refractivity contribution in [2.24, 2.45) is 0 Å². The van der Waals surface area contributed by atoms with Gasteiger partial charge in [0.1, 0.15) is 5.75 Å². The lowest BCUT2D eigenvalue weighted by Crippen LogP contribution is -2.47. The van der Waals surface area contributed by atoms with Crippen LogP contribution in [-0.4, -0.2) is 39.1 Å². The molecule has 0 aliphatic carbocycles. The Kier molecular flexibility index (Phi) is 5.65. The van der Waals surface area contributed by atoms with Gasteiger partial charge in [0, 0.05) is 6.04 Å². The van der Waals surface area contributed by atoms with Gasteiger partial charge >= 0.3 is 0 Å². The van der Waals surface area contributed by atoms with E-state index >= 15 is 0 Å². The van der Waals surface area contributed by atoms with Gasteiger partial charge < -0.3 is 10.1 Å². The lowest BCUT2D eigenvalue weighted by Gasteiger charge is -2.30. The minimum absolute atomic E-state index is 0.00584. The smallest absolute Gasteiger partial charge is 0.154 e. The molecule has 2 atom stereocenters. The molecule has 1 aromatic carbocycles. The van der Waals surface area contributed by atoms with Gasteiger partial charge in [-0.25, -0.2) is 8.42 Å². The first-order valence-electron chi connectivity index (χ1n) is 7.64. The monoisotopic (exact) mass is 311 g/mol. The van der Waals surface area contributed by atoms with Gasteiger partial charge in [0.05, 0.1) is 18.1 Å². The van der Waals surface area contributed by atoms with Crippen molar-refractivity contribution in [3.63, 3.8) is 0 Å². The lowest BCUT2D eigenvalue weighted by molar-refractivity contribution is 0.414. The molecule has 1 fully saturated rings. The Bertz CT molecular complexity index is 539. The van der Waals surface area contributed by atoms with Crippen LogP contribution >= 0.6 is 0 Å². The van der Waals surface area contributed by atoms with Crippen LogP contribution in [-0.2, 0) is 16.3 Å². The standard InChI is InChI=1S/C16H25NO3S/c1-3-17-15(16-6-4-5-11-21(16,18)19)12-13-7-9-14(20-2)10-8-13/h7-10,15-17H,3-6,11-12H2,1-2H3. The summed E-state index contributed by atoms with van der Waals surface area (Å²) in [5.41, 5.74) is 1.14. The lowest BCUT2D eigenvalue weighted by atomic mass is 9.99. The number of hydrogen-bond donors (Lipinski definition) is 1. The van der Waals surface area contributed by atoms with Gasteiger partial charge in [0.2, 0.25) is 0 Å². The minimum Gasteiger partial charge on any atom is -0.497 e. The van der Waals surface area contributed by atoms with Crippen molar-refractivity contribution < 1.29 is 13.2 Å². The summed E-state index contributed by atoms with van der Waals surface area (Å²) in [5, 5.41) is 3.12. The Hall–Kier alpha value is -1.07. The molecule has 1 aliphatic heterocycles. The molecule has 0 amide bonds. The maximum Gasteiger partial charge on any atom is 0.154 e. The second-order valence-corrected chi connectivity index (χ2v) is 7.96. The number of nitrogens with one attached hydrogen (secondary N) is 1. The van der Waals surface area contributed by atoms with Gasteiger partial charge in [0.15, 0.2) is 9.84 Å². The van der Waals surface area contributed by atoms with Crippen molar-refractivity contribution in [1.82, 2.24) is 5.32 Å². The Morgan fingerprint density at radius 1 is 1.29 bits per heavy atom. The van der Waals surface area contributed by atoms with Gasteiger partial charge in [-0.05, 0) is 43.5 Å². The second-order valence-electron chi connectivity index (χ2n) is 5.62. The zero-order valence-electron chi connectivity index (χ0n) is 12.8. The average molecular weight is 311 g/mol. The normalized spacial score (nSPS) is 22.7. The van der Waals surface area contributed by atoms with E-state index in [-0.39, 0.29) is 11.3 Å². The fourth-order valence-corrected chi connectivity index (χ4v) is 5.17. The molecule has 0 radical (unpaired) electrons. The molecule has 0 aromatic heterocycles. The van der Waals surface area contributed by atoms with Crippen molar-refractivity contribution in [3.05, 3.63) is 29.8 Å². The van der Waals surface area contributed by atoms with E-state index in [1.807, 2.05) is 31.2 Å². The molecule has 118 valence electrons. The van der Waals surface area contributed by atoms with Crippen LogP contribution in [0.5, 0.6) is 5.75 Å². The highest BCUT2D eigenvalue weighted by Crippen LogP contribution is 2.24. The maximum atomic E-state index is 12.3. The molecule has 0 spiro atoms. The summed E-state index contributed by atoms with van der Waals surface area (Å²) < 4.78 is 29.8. The van der Waals surface area contributed by atoms with Crippen LogP contribution in [0.4, 0.5) is 0 Å². The summed E-state index contributed by atoms with van der Waals surface area (Å²) >= 11 is 0. The zero-order chi connectivity index (χ0) is 15.3. The summed E-state index contributed by atoms with van der Waals surface area (Å²) in [5.74, 6) is 1.16. The van der Waals surface area contributed by atoms with Gasteiger partial charge in [-0.1, -0.05) is 25.5 Å². The predicted molar refractivity (Wildman–Crippen MR) is 85.6 cm³/mol. The Morgan fingerprint density at radius 2 is 2.00 bits per heavy atom. The summed E-state index contributed by atoms with van der Waals surface area (Å²) in [6, 6.07) is 7.87. The quantitative estimate of drug-likeness (QED) is 0.875. The molecule has 1 aliphatic rings. The molecule has 1 saturated heterocycles. The van der Waals surface area contributed by atoms with Crippen LogP contribution in [0.2, 0.25) is 0 Å². The van der Waals surface area contributed by atoms with Crippen LogP contribution in [0.1, 0.15) is 31.7 Å². The average Bonchev–Trinajstić information content (AvgIpc) is 2.47. The van der Waals surface area contributed by atoms with Crippen LogP contribution in [0.3, 0.4) is 0 Å². The first-order valence-corrected chi connectivity index (χ1v) is 9.36. The third kappa shape index (κ3) is 4.20. The molecule has 21 heavy (non-hydrogen) atoms. The number of likely N-dealkylation sites (N-methyl/N-ethyl adjacent to an activating group) is 1. The van der Waals surface area contributed by atoms with Crippen molar-refractivity contribution >= 4 is 9.84 Å². The second kappa shape index (κ2) is 7.27. The van der Waals surface area contributed by atoms with E-state index in [0.29, 0.717) is 5.75 Å². The molecule has 5 heteroatoms. The molecule has 0 bridgehead atoms. The summed E-state index contributed by atoms with van der Waals surface area (Å²) in [4.78, 5) is 0. The number of rotatable bonds is 6. The zero-order valence-corrected chi connectivity index (χ0v) is 13.7. The molecule has 4 nitrogen and oxygen atoms in total. The molecule has 1 aromatic rings. The molecule has 2 rings (SSSR count). The van der Waals surface area contributed by atoms with E-state index in [2.05, 4.69) is 5.32 Å². The molecule has 2 unspecified atom stereocenters. The third-order valence-corrected chi connectivity index (χ3v) is 6.50. The van der Waals surface area contributed by atoms with E-state index in [0.717, 1.165) is 43.5 Å². The van der Waals surface area contributed by atoms with E-state index in [4.69, 9.17) is 4.74 Å². The van der Waals surface area contributed by atoms with Crippen molar-refractivity contribution in [2.45, 2.75) is 43.9 Å². The summed E-state index contributed by atoms with van der Waals surface area (Å²) in [6.45, 7) is 2.81. The number of ether oxygens (including phenoxy) is 1. The molecule has 0 saturated carbocycles. The number of methoxy groups -OCH3 is 1. The van der Waals surface area contributed by atoms with Crippen LogP contribution in [0.15, 0.2) is 24.3 Å². The topological polar surface area (TPSA) is 55.4 Å². The van der Waals surface area contributed by atoms with E-state index in [1.165, 1.54) is 0 Å². The third-order valence-electron chi connectivity index (χ3n) is 4.16. The molecule has 1 N–H and O–H groups in total. The largest absolute Gasteiger partial charge is 0.497 e. The van der Waals surface area contributed by atoms with Gasteiger partial charge in [-0.2, -0.15) is 0 Å². The fourth-order valence-electron chi connectivity index (χ4n) is 3.04. The van der Waals surface area contributed by atoms with Gasteiger partial charge in [-0.15, -0.1) is 0 Å². The maximum absolute atomic E-state index is 12.3. The molecule has 1 heterocycles. The highest BCUT2D eigenvalue weighted by atomic mass is 32.2. The van der Waals surface area contributed by atoms with E-state index in [1.54, 1.807) is 7.11 Å². The predicted octanol–water partition coefficient (Wildman–Crippen LogP) is 2.18. The number of sulfone groups is 1.